The number of carbonyl (C=O) groups excluding carboxylic acids is 4. The Kier molecular flexibility index (Phi) is 14.7. The number of esters is 4. The summed E-state index contributed by atoms with van der Waals surface area (Å²) in [6.07, 6.45) is 0. The van der Waals surface area contributed by atoms with E-state index < -0.39 is 31.7 Å². The Morgan fingerprint density at radius 1 is 0.423 bits per heavy atom. The SMILES string of the molecule is COC(=O)c1cc(C)nc(-c2cc(C(=O)OC)cc(C)n2)c1.COC(=O)c1cc(C)nc(-c2cc(C(=O)OC)cc(C)n2)c1.F[P-](F)(F)(F)(F)F.[Cu+]. The van der Waals surface area contributed by atoms with E-state index in [-0.39, 0.29) is 17.1 Å². The molecule has 0 amide bonds. The van der Waals surface area contributed by atoms with Gasteiger partial charge in [0.05, 0.1) is 73.5 Å². The largest absolute Gasteiger partial charge is 1.00 e. The molecule has 0 aliphatic rings. The van der Waals surface area contributed by atoms with Gasteiger partial charge in [0.2, 0.25) is 0 Å². The van der Waals surface area contributed by atoms with Crippen LogP contribution >= 0.6 is 7.81 Å². The molecule has 0 atom stereocenters. The second-order valence-corrected chi connectivity index (χ2v) is 12.4. The van der Waals surface area contributed by atoms with Gasteiger partial charge in [-0.05, 0) is 76.2 Å². The van der Waals surface area contributed by atoms with Crippen molar-refractivity contribution in [3.63, 3.8) is 0 Å². The maximum atomic E-state index is 11.7. The molecule has 286 valence electrons. The first kappa shape index (κ1) is 45.0. The van der Waals surface area contributed by atoms with Crippen LogP contribution in [0.25, 0.3) is 22.8 Å². The summed E-state index contributed by atoms with van der Waals surface area (Å²) in [5, 5.41) is 0. The molecule has 0 fully saturated rings. The molecule has 0 spiro atoms. The van der Waals surface area contributed by atoms with E-state index in [1.54, 1.807) is 76.2 Å². The van der Waals surface area contributed by atoms with Crippen molar-refractivity contribution < 1.29 is 80.4 Å². The third kappa shape index (κ3) is 15.5. The predicted octanol–water partition coefficient (Wildman–Crippen LogP) is 8.05. The molecule has 0 saturated carbocycles. The van der Waals surface area contributed by atoms with E-state index in [1.165, 1.54) is 28.4 Å². The average molecular weight is 809 g/mol. The molecule has 4 rings (SSSR count). The van der Waals surface area contributed by atoms with Crippen molar-refractivity contribution in [1.82, 2.24) is 19.9 Å². The molecule has 4 heterocycles. The van der Waals surface area contributed by atoms with Crippen molar-refractivity contribution in [3.05, 3.63) is 93.6 Å². The summed E-state index contributed by atoms with van der Waals surface area (Å²) in [5.74, 6) is -1.81. The molecule has 0 aliphatic carbocycles. The molecule has 52 heavy (non-hydrogen) atoms. The van der Waals surface area contributed by atoms with Gasteiger partial charge in [-0.15, -0.1) is 0 Å². The fourth-order valence-corrected chi connectivity index (χ4v) is 4.14. The number of hydrogen-bond acceptors (Lipinski definition) is 12. The molecule has 0 aromatic carbocycles. The van der Waals surface area contributed by atoms with Gasteiger partial charge in [0, 0.05) is 22.8 Å². The Hall–Kier alpha value is -4.99. The van der Waals surface area contributed by atoms with E-state index in [2.05, 4.69) is 19.9 Å². The zero-order valence-corrected chi connectivity index (χ0v) is 30.5. The summed E-state index contributed by atoms with van der Waals surface area (Å²) in [4.78, 5) is 64.2. The number of pyridine rings is 4. The van der Waals surface area contributed by atoms with E-state index in [0.29, 0.717) is 67.8 Å². The van der Waals surface area contributed by atoms with Crippen molar-refractivity contribution >= 4 is 31.7 Å². The predicted molar refractivity (Wildman–Crippen MR) is 173 cm³/mol. The minimum absolute atomic E-state index is 0. The van der Waals surface area contributed by atoms with E-state index in [0.717, 1.165) is 0 Å². The second-order valence-electron chi connectivity index (χ2n) is 10.5. The fourth-order valence-electron chi connectivity index (χ4n) is 4.14. The third-order valence-electron chi connectivity index (χ3n) is 6.02. The minimum Gasteiger partial charge on any atom is 1.00 e. The Morgan fingerprint density at radius 2 is 0.577 bits per heavy atom. The van der Waals surface area contributed by atoms with Crippen LogP contribution in [-0.4, -0.2) is 72.3 Å². The molecule has 12 nitrogen and oxygen atoms in total. The van der Waals surface area contributed by atoms with Crippen molar-refractivity contribution in [2.45, 2.75) is 27.7 Å². The zero-order valence-electron chi connectivity index (χ0n) is 28.7. The smallest absolute Gasteiger partial charge is 1.00 e. The van der Waals surface area contributed by atoms with Gasteiger partial charge >= 0.3 is 73.9 Å². The van der Waals surface area contributed by atoms with Crippen LogP contribution in [0.15, 0.2) is 48.5 Å². The molecule has 4 aromatic rings. The second kappa shape index (κ2) is 17.0. The van der Waals surface area contributed by atoms with Gasteiger partial charge in [-0.2, -0.15) is 0 Å². The van der Waals surface area contributed by atoms with E-state index in [4.69, 9.17) is 18.9 Å². The number of methoxy groups -OCH3 is 4. The summed E-state index contributed by atoms with van der Waals surface area (Å²) in [6.45, 7) is 7.08. The topological polar surface area (TPSA) is 157 Å². The molecule has 0 unspecified atom stereocenters. The van der Waals surface area contributed by atoms with Gasteiger partial charge in [-0.1, -0.05) is 0 Å². The molecule has 0 bridgehead atoms. The Balaban J connectivity index is 0.000000433. The first-order valence-corrected chi connectivity index (χ1v) is 16.2. The molecule has 20 heteroatoms. The number of halogens is 6. The normalized spacial score (nSPS) is 11.7. The summed E-state index contributed by atoms with van der Waals surface area (Å²) < 4.78 is 78.1. The molecular weight excluding hydrogens is 777 g/mol. The zero-order chi connectivity index (χ0) is 39.0. The van der Waals surface area contributed by atoms with Gasteiger partial charge < -0.3 is 18.9 Å². The Labute approximate surface area is 304 Å². The van der Waals surface area contributed by atoms with Crippen molar-refractivity contribution in [2.24, 2.45) is 0 Å². The van der Waals surface area contributed by atoms with Gasteiger partial charge in [0.25, 0.3) is 0 Å². The number of nitrogens with zero attached hydrogens (tertiary/aromatic N) is 4. The fraction of sp³-hybridized carbons (Fsp3) is 0.250. The van der Waals surface area contributed by atoms with Crippen LogP contribution in [0.2, 0.25) is 0 Å². The van der Waals surface area contributed by atoms with E-state index in [1.807, 2.05) is 0 Å². The van der Waals surface area contributed by atoms with Crippen LogP contribution in [0, 0.1) is 27.7 Å². The van der Waals surface area contributed by atoms with Crippen LogP contribution < -0.4 is 0 Å². The number of ether oxygens (including phenoxy) is 4. The first-order valence-electron chi connectivity index (χ1n) is 14.2. The summed E-state index contributed by atoms with van der Waals surface area (Å²) in [6, 6.07) is 12.9. The van der Waals surface area contributed by atoms with Crippen molar-refractivity contribution in [3.8, 4) is 22.8 Å². The van der Waals surface area contributed by atoms with E-state index >= 15 is 0 Å². The summed E-state index contributed by atoms with van der Waals surface area (Å²) in [7, 11) is -5.39. The maximum absolute atomic E-state index is 11.7. The van der Waals surface area contributed by atoms with E-state index in [9.17, 15) is 44.4 Å². The van der Waals surface area contributed by atoms with Crippen molar-refractivity contribution in [2.75, 3.05) is 28.4 Å². The minimum atomic E-state index is -10.7. The van der Waals surface area contributed by atoms with Crippen LogP contribution in [0.3, 0.4) is 0 Å². The quantitative estimate of drug-likeness (QED) is 0.0608. The van der Waals surface area contributed by atoms with Gasteiger partial charge in [-0.25, -0.2) is 19.2 Å². The number of hydrogen-bond donors (Lipinski definition) is 0. The maximum Gasteiger partial charge on any atom is 1.00 e. The monoisotopic (exact) mass is 808 g/mol. The van der Waals surface area contributed by atoms with Gasteiger partial charge in [-0.3, -0.25) is 19.9 Å². The molecule has 0 radical (unpaired) electrons. The third-order valence-corrected chi connectivity index (χ3v) is 6.02. The van der Waals surface area contributed by atoms with Crippen LogP contribution in [0.4, 0.5) is 25.2 Å². The van der Waals surface area contributed by atoms with Crippen LogP contribution in [-0.2, 0) is 36.0 Å². The standard InChI is InChI=1S/2C16H16N2O4.Cu.F6P/c2*1-9-5-11(15(19)21-3)7-13(17-9)14-8-12(16(20)22-4)6-10(2)18-14;;1-7(2,3,4,5)6/h2*5-8H,1-4H3;;/q;;+1;-1. The number of aromatic nitrogens is 4. The Morgan fingerprint density at radius 3 is 0.712 bits per heavy atom. The van der Waals surface area contributed by atoms with Gasteiger partial charge in [0.15, 0.2) is 0 Å². The molecule has 0 aliphatic heterocycles. The Bertz CT molecular complexity index is 1720. The number of rotatable bonds is 6. The average Bonchev–Trinajstić information content (AvgIpc) is 3.04. The van der Waals surface area contributed by atoms with Crippen molar-refractivity contribution in [1.29, 1.82) is 0 Å². The number of carbonyl (C=O) groups is 4. The molecule has 0 N–H and O–H groups in total. The van der Waals surface area contributed by atoms with Crippen LogP contribution in [0.5, 0.6) is 0 Å². The summed E-state index contributed by atoms with van der Waals surface area (Å²) >= 11 is 0. The number of aryl methyl sites for hydroxylation is 4. The first-order chi connectivity index (χ1) is 23.3. The summed E-state index contributed by atoms with van der Waals surface area (Å²) in [5.41, 5.74) is 6.12. The van der Waals surface area contributed by atoms with Gasteiger partial charge in [0.1, 0.15) is 0 Å². The molecule has 0 saturated heterocycles. The molecule has 4 aromatic heterocycles. The van der Waals surface area contributed by atoms with Crippen LogP contribution in [0.1, 0.15) is 64.2 Å². The molecular formula is C32H32CuF6N4O8P.